The molecule has 0 aromatic rings. The Labute approximate surface area is 78.6 Å². The maximum absolute atomic E-state index is 10.9. The lowest BCUT2D eigenvalue weighted by atomic mass is 10.1. The van der Waals surface area contributed by atoms with Crippen molar-refractivity contribution in [2.45, 2.75) is 26.6 Å². The van der Waals surface area contributed by atoms with E-state index >= 15 is 0 Å². The smallest absolute Gasteiger partial charge is 0.220 e. The molecule has 1 atom stereocenters. The molecule has 1 saturated heterocycles. The Hall–Kier alpha value is -0.610. The lowest BCUT2D eigenvalue weighted by Gasteiger charge is -2.21. The molecule has 0 spiro atoms. The van der Waals surface area contributed by atoms with Gasteiger partial charge in [0, 0.05) is 32.1 Å². The van der Waals surface area contributed by atoms with E-state index in [0.717, 1.165) is 0 Å². The summed E-state index contributed by atoms with van der Waals surface area (Å²) in [7, 11) is 0. The summed E-state index contributed by atoms with van der Waals surface area (Å²) in [5.74, 6) is 0.266. The molecule has 13 heavy (non-hydrogen) atoms. The minimum absolute atomic E-state index is 0.0920. The predicted octanol–water partition coefficient (Wildman–Crippen LogP) is 0.522. The number of rotatable bonds is 5. The molecule has 0 aromatic carbocycles. The summed E-state index contributed by atoms with van der Waals surface area (Å²) >= 11 is 0. The summed E-state index contributed by atoms with van der Waals surface area (Å²) in [6.45, 7) is 5.76. The van der Waals surface area contributed by atoms with Crippen LogP contribution < -0.4 is 5.32 Å². The summed E-state index contributed by atoms with van der Waals surface area (Å²) in [4.78, 5) is 10.9. The zero-order valence-electron chi connectivity index (χ0n) is 8.21. The standard InChI is InChI=1S/C9H17NO3/c1-3-12-9(13-4-2)7-5-8(11)10-6-7/h7,9H,3-6H2,1-2H3,(H,10,11). The third kappa shape index (κ3) is 2.97. The van der Waals surface area contributed by atoms with Gasteiger partial charge < -0.3 is 14.8 Å². The molecule has 1 unspecified atom stereocenters. The van der Waals surface area contributed by atoms with Gasteiger partial charge in [0.2, 0.25) is 5.91 Å². The first-order valence-electron chi connectivity index (χ1n) is 4.77. The van der Waals surface area contributed by atoms with Gasteiger partial charge in [-0.1, -0.05) is 0 Å². The molecular weight excluding hydrogens is 170 g/mol. The van der Waals surface area contributed by atoms with E-state index in [9.17, 15) is 4.79 Å². The first kappa shape index (κ1) is 10.5. The van der Waals surface area contributed by atoms with E-state index in [2.05, 4.69) is 5.32 Å². The number of carbonyl (C=O) groups is 1. The number of amides is 1. The number of ether oxygens (including phenoxy) is 2. The molecule has 0 aliphatic carbocycles. The van der Waals surface area contributed by atoms with Crippen molar-refractivity contribution >= 4 is 5.91 Å². The zero-order chi connectivity index (χ0) is 9.68. The van der Waals surface area contributed by atoms with Crippen LogP contribution in [0.2, 0.25) is 0 Å². The third-order valence-corrected chi connectivity index (χ3v) is 2.06. The molecule has 1 amide bonds. The summed E-state index contributed by atoms with van der Waals surface area (Å²) < 4.78 is 10.8. The average molecular weight is 187 g/mol. The van der Waals surface area contributed by atoms with Crippen LogP contribution in [0.4, 0.5) is 0 Å². The van der Waals surface area contributed by atoms with Crippen molar-refractivity contribution in [2.75, 3.05) is 19.8 Å². The Balaban J connectivity index is 2.39. The van der Waals surface area contributed by atoms with Gasteiger partial charge in [-0.3, -0.25) is 4.79 Å². The fraction of sp³-hybridized carbons (Fsp3) is 0.889. The summed E-state index contributed by atoms with van der Waals surface area (Å²) in [5.41, 5.74) is 0. The highest BCUT2D eigenvalue weighted by molar-refractivity contribution is 5.78. The largest absolute Gasteiger partial charge is 0.356 e. The first-order valence-corrected chi connectivity index (χ1v) is 4.77. The lowest BCUT2D eigenvalue weighted by Crippen LogP contribution is -2.28. The molecule has 0 bridgehead atoms. The number of hydrogen-bond acceptors (Lipinski definition) is 3. The second kappa shape index (κ2) is 5.19. The Bertz CT molecular complexity index is 166. The van der Waals surface area contributed by atoms with Crippen LogP contribution in [-0.2, 0) is 14.3 Å². The molecule has 1 aliphatic heterocycles. The van der Waals surface area contributed by atoms with Gasteiger partial charge in [0.15, 0.2) is 6.29 Å². The van der Waals surface area contributed by atoms with Crippen molar-refractivity contribution < 1.29 is 14.3 Å². The second-order valence-electron chi connectivity index (χ2n) is 3.05. The fourth-order valence-corrected chi connectivity index (χ4v) is 1.47. The maximum atomic E-state index is 10.9. The molecule has 1 fully saturated rings. The second-order valence-corrected chi connectivity index (χ2v) is 3.05. The van der Waals surface area contributed by atoms with Crippen LogP contribution in [0, 0.1) is 5.92 Å². The molecular formula is C9H17NO3. The minimum Gasteiger partial charge on any atom is -0.356 e. The van der Waals surface area contributed by atoms with Gasteiger partial charge in [0.25, 0.3) is 0 Å². The quantitative estimate of drug-likeness (QED) is 0.638. The molecule has 4 nitrogen and oxygen atoms in total. The summed E-state index contributed by atoms with van der Waals surface area (Å²) in [6.07, 6.45) is 0.291. The highest BCUT2D eigenvalue weighted by Gasteiger charge is 2.30. The van der Waals surface area contributed by atoms with Gasteiger partial charge in [-0.05, 0) is 13.8 Å². The van der Waals surface area contributed by atoms with Crippen molar-refractivity contribution in [2.24, 2.45) is 5.92 Å². The van der Waals surface area contributed by atoms with Crippen LogP contribution in [0.3, 0.4) is 0 Å². The fourth-order valence-electron chi connectivity index (χ4n) is 1.47. The van der Waals surface area contributed by atoms with E-state index in [-0.39, 0.29) is 18.1 Å². The number of nitrogens with one attached hydrogen (secondary N) is 1. The van der Waals surface area contributed by atoms with Crippen LogP contribution in [0.25, 0.3) is 0 Å². The highest BCUT2D eigenvalue weighted by Crippen LogP contribution is 2.17. The van der Waals surface area contributed by atoms with E-state index < -0.39 is 0 Å². The van der Waals surface area contributed by atoms with E-state index in [1.807, 2.05) is 13.8 Å². The molecule has 76 valence electrons. The van der Waals surface area contributed by atoms with Gasteiger partial charge in [-0.2, -0.15) is 0 Å². The average Bonchev–Trinajstić information content (AvgIpc) is 2.51. The lowest BCUT2D eigenvalue weighted by molar-refractivity contribution is -0.163. The molecule has 0 radical (unpaired) electrons. The Morgan fingerprint density at radius 1 is 1.46 bits per heavy atom. The van der Waals surface area contributed by atoms with Crippen LogP contribution in [0.1, 0.15) is 20.3 Å². The molecule has 1 N–H and O–H groups in total. The van der Waals surface area contributed by atoms with Crippen molar-refractivity contribution in [3.05, 3.63) is 0 Å². The summed E-state index contributed by atoms with van der Waals surface area (Å²) in [5, 5.41) is 2.77. The zero-order valence-corrected chi connectivity index (χ0v) is 8.21. The van der Waals surface area contributed by atoms with Crippen LogP contribution in [-0.4, -0.2) is 32.0 Å². The molecule has 1 rings (SSSR count). The van der Waals surface area contributed by atoms with Crippen LogP contribution in [0.5, 0.6) is 0 Å². The van der Waals surface area contributed by atoms with Crippen molar-refractivity contribution in [3.8, 4) is 0 Å². The third-order valence-electron chi connectivity index (χ3n) is 2.06. The molecule has 4 heteroatoms. The maximum Gasteiger partial charge on any atom is 0.220 e. The Kier molecular flexibility index (Phi) is 4.18. The van der Waals surface area contributed by atoms with E-state index in [0.29, 0.717) is 26.2 Å². The number of carbonyl (C=O) groups excluding carboxylic acids is 1. The monoisotopic (exact) mass is 187 g/mol. The van der Waals surface area contributed by atoms with Crippen LogP contribution in [0.15, 0.2) is 0 Å². The van der Waals surface area contributed by atoms with Gasteiger partial charge in [0.1, 0.15) is 0 Å². The van der Waals surface area contributed by atoms with Gasteiger partial charge >= 0.3 is 0 Å². The number of hydrogen-bond donors (Lipinski definition) is 1. The summed E-state index contributed by atoms with van der Waals surface area (Å²) in [6, 6.07) is 0. The van der Waals surface area contributed by atoms with E-state index in [1.54, 1.807) is 0 Å². The first-order chi connectivity index (χ1) is 6.27. The van der Waals surface area contributed by atoms with Crippen molar-refractivity contribution in [1.82, 2.24) is 5.32 Å². The molecule has 0 aromatic heterocycles. The predicted molar refractivity (Wildman–Crippen MR) is 48.2 cm³/mol. The normalized spacial score (nSPS) is 22.4. The van der Waals surface area contributed by atoms with Crippen LogP contribution >= 0.6 is 0 Å². The highest BCUT2D eigenvalue weighted by atomic mass is 16.7. The Morgan fingerprint density at radius 3 is 2.46 bits per heavy atom. The topological polar surface area (TPSA) is 47.6 Å². The van der Waals surface area contributed by atoms with Gasteiger partial charge in [-0.25, -0.2) is 0 Å². The van der Waals surface area contributed by atoms with Gasteiger partial charge in [0.05, 0.1) is 0 Å². The van der Waals surface area contributed by atoms with E-state index in [1.165, 1.54) is 0 Å². The van der Waals surface area contributed by atoms with Crippen molar-refractivity contribution in [1.29, 1.82) is 0 Å². The molecule has 0 saturated carbocycles. The minimum atomic E-state index is -0.228. The Morgan fingerprint density at radius 2 is 2.08 bits per heavy atom. The van der Waals surface area contributed by atoms with E-state index in [4.69, 9.17) is 9.47 Å². The SMILES string of the molecule is CCOC(OCC)C1CNC(=O)C1. The van der Waals surface area contributed by atoms with Crippen molar-refractivity contribution in [3.63, 3.8) is 0 Å². The van der Waals surface area contributed by atoms with Gasteiger partial charge in [-0.15, -0.1) is 0 Å². The molecule has 1 aliphatic rings. The molecule has 1 heterocycles.